The topological polar surface area (TPSA) is 66.5 Å². The van der Waals surface area contributed by atoms with Crippen LogP contribution in [-0.2, 0) is 9.59 Å². The summed E-state index contributed by atoms with van der Waals surface area (Å²) in [6.07, 6.45) is 0. The molecule has 0 saturated carbocycles. The third kappa shape index (κ3) is 1.57. The zero-order valence-electron chi connectivity index (χ0n) is 7.36. The van der Waals surface area contributed by atoms with Gasteiger partial charge in [-0.1, -0.05) is 11.6 Å². The Bertz CT molecular complexity index is 455. The Labute approximate surface area is 89.6 Å². The fourth-order valence-electron chi connectivity index (χ4n) is 1.22. The number of nitrogens with one attached hydrogen (secondary N) is 1. The van der Waals surface area contributed by atoms with Gasteiger partial charge < -0.3 is 0 Å². The lowest BCUT2D eigenvalue weighted by Gasteiger charge is -2.10. The summed E-state index contributed by atoms with van der Waals surface area (Å²) >= 11 is 5.65. The van der Waals surface area contributed by atoms with Crippen LogP contribution in [0.4, 0.5) is 10.5 Å². The predicted molar refractivity (Wildman–Crippen MR) is 52.5 cm³/mol. The van der Waals surface area contributed by atoms with E-state index in [0.29, 0.717) is 10.7 Å². The monoisotopic (exact) mass is 224 g/mol. The zero-order valence-corrected chi connectivity index (χ0v) is 8.12. The number of amides is 4. The van der Waals surface area contributed by atoms with Crippen LogP contribution in [0.3, 0.4) is 0 Å². The van der Waals surface area contributed by atoms with Crippen LogP contribution in [0.25, 0.3) is 0 Å². The minimum atomic E-state index is -0.921. The van der Waals surface area contributed by atoms with Crippen molar-refractivity contribution in [3.63, 3.8) is 0 Å². The molecule has 15 heavy (non-hydrogen) atoms. The molecule has 1 fully saturated rings. The Morgan fingerprint density at radius 1 is 1.07 bits per heavy atom. The molecule has 0 aromatic heterocycles. The molecule has 1 aliphatic rings. The molecule has 1 aromatic rings. The van der Waals surface area contributed by atoms with Crippen molar-refractivity contribution < 1.29 is 14.4 Å². The number of rotatable bonds is 1. The van der Waals surface area contributed by atoms with E-state index in [-0.39, 0.29) is 0 Å². The molecule has 0 spiro atoms. The lowest BCUT2D eigenvalue weighted by Crippen LogP contribution is -2.30. The molecule has 0 bridgehead atoms. The van der Waals surface area contributed by atoms with Crippen LogP contribution in [-0.4, -0.2) is 17.8 Å². The third-order valence-corrected chi connectivity index (χ3v) is 2.16. The van der Waals surface area contributed by atoms with Gasteiger partial charge in [-0.3, -0.25) is 14.9 Å². The van der Waals surface area contributed by atoms with Crippen LogP contribution in [0.5, 0.6) is 0 Å². The maximum atomic E-state index is 11.3. The summed E-state index contributed by atoms with van der Waals surface area (Å²) in [7, 11) is 0. The van der Waals surface area contributed by atoms with Gasteiger partial charge in [-0.25, -0.2) is 9.69 Å². The maximum Gasteiger partial charge on any atom is 0.336 e. The Kier molecular flexibility index (Phi) is 2.17. The molecule has 1 heterocycles. The molecule has 1 N–H and O–H groups in total. The molecular formula is C9H5ClN2O3. The van der Waals surface area contributed by atoms with E-state index in [1.165, 1.54) is 24.3 Å². The summed E-state index contributed by atoms with van der Waals surface area (Å²) in [5.74, 6) is -1.81. The Hall–Kier alpha value is -1.88. The zero-order chi connectivity index (χ0) is 11.0. The first kappa shape index (κ1) is 9.67. The van der Waals surface area contributed by atoms with Crippen LogP contribution in [0.2, 0.25) is 5.02 Å². The van der Waals surface area contributed by atoms with Gasteiger partial charge in [-0.2, -0.15) is 0 Å². The molecule has 1 aliphatic heterocycles. The maximum absolute atomic E-state index is 11.3. The average Bonchev–Trinajstić information content (AvgIpc) is 2.44. The van der Waals surface area contributed by atoms with Crippen LogP contribution in [0.15, 0.2) is 24.3 Å². The van der Waals surface area contributed by atoms with Crippen LogP contribution < -0.4 is 10.2 Å². The standard InChI is InChI=1S/C9H5ClN2O3/c10-5-1-3-6(4-2-5)12-8(14)7(13)11-9(12)15/h1-4H,(H,11,13,15). The smallest absolute Gasteiger partial charge is 0.269 e. The van der Waals surface area contributed by atoms with Crippen LogP contribution in [0, 0.1) is 0 Å². The second kappa shape index (κ2) is 3.36. The highest BCUT2D eigenvalue weighted by Gasteiger charge is 2.37. The third-order valence-electron chi connectivity index (χ3n) is 1.91. The van der Waals surface area contributed by atoms with Crippen molar-refractivity contribution >= 4 is 35.1 Å². The van der Waals surface area contributed by atoms with Crippen molar-refractivity contribution in [2.24, 2.45) is 0 Å². The molecule has 4 amide bonds. The summed E-state index contributed by atoms with van der Waals surface area (Å²) in [6, 6.07) is 5.28. The Morgan fingerprint density at radius 2 is 1.67 bits per heavy atom. The van der Waals surface area contributed by atoms with Gasteiger partial charge in [-0.15, -0.1) is 0 Å². The van der Waals surface area contributed by atoms with Gasteiger partial charge in [0.05, 0.1) is 5.69 Å². The molecule has 1 saturated heterocycles. The van der Waals surface area contributed by atoms with Crippen molar-refractivity contribution in [3.05, 3.63) is 29.3 Å². The van der Waals surface area contributed by atoms with Crippen molar-refractivity contribution in [1.29, 1.82) is 0 Å². The molecular weight excluding hydrogens is 220 g/mol. The highest BCUT2D eigenvalue weighted by Crippen LogP contribution is 2.20. The van der Waals surface area contributed by atoms with Gasteiger partial charge in [0.25, 0.3) is 0 Å². The fourth-order valence-corrected chi connectivity index (χ4v) is 1.35. The number of nitrogens with zero attached hydrogens (tertiary/aromatic N) is 1. The number of halogens is 1. The minimum absolute atomic E-state index is 0.313. The molecule has 76 valence electrons. The number of urea groups is 1. The van der Waals surface area contributed by atoms with Crippen LogP contribution >= 0.6 is 11.6 Å². The molecule has 1 aromatic carbocycles. The molecule has 0 aliphatic carbocycles. The summed E-state index contributed by atoms with van der Waals surface area (Å²) in [5, 5.41) is 2.38. The van der Waals surface area contributed by atoms with Crippen molar-refractivity contribution in [2.75, 3.05) is 4.90 Å². The highest BCUT2D eigenvalue weighted by atomic mass is 35.5. The normalized spacial score (nSPS) is 15.8. The fraction of sp³-hybridized carbons (Fsp3) is 0. The average molecular weight is 225 g/mol. The van der Waals surface area contributed by atoms with E-state index in [0.717, 1.165) is 4.90 Å². The van der Waals surface area contributed by atoms with Gasteiger partial charge >= 0.3 is 17.8 Å². The van der Waals surface area contributed by atoms with Crippen molar-refractivity contribution in [3.8, 4) is 0 Å². The van der Waals surface area contributed by atoms with E-state index in [1.807, 2.05) is 5.32 Å². The number of imide groups is 2. The van der Waals surface area contributed by atoms with Gasteiger partial charge in [0.15, 0.2) is 0 Å². The quantitative estimate of drug-likeness (QED) is 0.570. The number of carbonyl (C=O) groups excluding carboxylic acids is 3. The molecule has 5 nitrogen and oxygen atoms in total. The molecule has 2 rings (SSSR count). The summed E-state index contributed by atoms with van der Waals surface area (Å²) in [4.78, 5) is 34.1. The first-order valence-electron chi connectivity index (χ1n) is 4.04. The second-order valence-electron chi connectivity index (χ2n) is 2.88. The molecule has 6 heteroatoms. The Morgan fingerprint density at radius 3 is 2.13 bits per heavy atom. The number of carbonyl (C=O) groups is 3. The second-order valence-corrected chi connectivity index (χ2v) is 3.31. The summed E-state index contributed by atoms with van der Waals surface area (Å²) < 4.78 is 0. The van der Waals surface area contributed by atoms with E-state index in [4.69, 9.17) is 11.6 Å². The predicted octanol–water partition coefficient (Wildman–Crippen LogP) is 0.923. The highest BCUT2D eigenvalue weighted by molar-refractivity contribution is 6.53. The molecule has 0 unspecified atom stereocenters. The first-order valence-corrected chi connectivity index (χ1v) is 4.42. The van der Waals surface area contributed by atoms with E-state index in [2.05, 4.69) is 0 Å². The lowest BCUT2D eigenvalue weighted by atomic mass is 10.3. The lowest BCUT2D eigenvalue weighted by molar-refractivity contribution is -0.134. The van der Waals surface area contributed by atoms with E-state index >= 15 is 0 Å². The van der Waals surface area contributed by atoms with Gasteiger partial charge in [-0.05, 0) is 24.3 Å². The molecule has 0 radical (unpaired) electrons. The van der Waals surface area contributed by atoms with Gasteiger partial charge in [0, 0.05) is 5.02 Å². The number of benzene rings is 1. The van der Waals surface area contributed by atoms with Crippen molar-refractivity contribution in [1.82, 2.24) is 5.32 Å². The van der Waals surface area contributed by atoms with Gasteiger partial charge in [0.2, 0.25) is 0 Å². The van der Waals surface area contributed by atoms with Gasteiger partial charge in [0.1, 0.15) is 0 Å². The Balaban J connectivity index is 2.39. The molecule has 0 atom stereocenters. The SMILES string of the molecule is O=C1NC(=O)N(c2ccc(Cl)cc2)C1=O. The van der Waals surface area contributed by atoms with E-state index in [1.54, 1.807) is 0 Å². The number of anilines is 1. The van der Waals surface area contributed by atoms with Crippen LogP contribution in [0.1, 0.15) is 0 Å². The summed E-state index contributed by atoms with van der Waals surface area (Å²) in [6.45, 7) is 0. The first-order chi connectivity index (χ1) is 7.09. The summed E-state index contributed by atoms with van der Waals surface area (Å²) in [5.41, 5.74) is 0.313. The minimum Gasteiger partial charge on any atom is -0.269 e. The number of hydrogen-bond acceptors (Lipinski definition) is 3. The van der Waals surface area contributed by atoms with Crippen molar-refractivity contribution in [2.45, 2.75) is 0 Å². The van der Waals surface area contributed by atoms with E-state index in [9.17, 15) is 14.4 Å². The number of hydrogen-bond donors (Lipinski definition) is 1. The van der Waals surface area contributed by atoms with E-state index < -0.39 is 17.8 Å². The largest absolute Gasteiger partial charge is 0.336 e.